The molecule has 3 amide bonds. The van der Waals surface area contributed by atoms with Gasteiger partial charge in [-0.1, -0.05) is 73.7 Å². The fraction of sp³-hybridized carbons (Fsp3) is 0.286. The molecule has 2 aliphatic heterocycles. The number of hydrogen-bond donors (Lipinski definition) is 5. The predicted molar refractivity (Wildman–Crippen MR) is 222 cm³/mol. The molecule has 0 aliphatic carbocycles. The van der Waals surface area contributed by atoms with Crippen LogP contribution in [0.25, 0.3) is 10.2 Å². The first-order chi connectivity index (χ1) is 27.9. The molecule has 3 atom stereocenters. The quantitative estimate of drug-likeness (QED) is 0.109. The molecule has 6 N–H and O–H groups in total. The maximum atomic E-state index is 13.7. The van der Waals surface area contributed by atoms with Crippen LogP contribution in [0.2, 0.25) is 0 Å². The first-order valence-electron chi connectivity index (χ1n) is 18.9. The molecule has 7 rings (SSSR count). The highest BCUT2D eigenvalue weighted by atomic mass is 32.1. The molecule has 1 unspecified atom stereocenters. The van der Waals surface area contributed by atoms with Crippen molar-refractivity contribution in [3.63, 3.8) is 0 Å². The molecule has 2 aromatic heterocycles. The standard InChI is InChI=1S/C42H45N9O6S/c1-24(2)37(43)40(54)45-25(3)38(52)46-29-17-15-27(16-18-29)23-57-51-26(4)34(21-44-51)50-33(41(55)56)12-8-14-36(50)49-20-19-28-9-7-10-30(31(28)22-49)39(53)48-42-47-32-11-5-6-13-35(32)58-42/h5-18,21,24-25,33,37H,19-20,22-23,43H2,1-4H3,(H,45,54)(H,46,52)(H,55,56)(H,47,48,53)/t25-,33?,37-/m0/s1. The van der Waals surface area contributed by atoms with Crippen LogP contribution in [-0.4, -0.2) is 73.3 Å². The Labute approximate surface area is 339 Å². The van der Waals surface area contributed by atoms with Gasteiger partial charge in [-0.2, -0.15) is 0 Å². The Morgan fingerprint density at radius 2 is 1.78 bits per heavy atom. The van der Waals surface area contributed by atoms with Gasteiger partial charge < -0.3 is 36.1 Å². The number of carboxylic acids is 1. The zero-order valence-electron chi connectivity index (χ0n) is 32.5. The number of carbonyl (C=O) groups excluding carboxylic acids is 3. The Morgan fingerprint density at radius 3 is 2.52 bits per heavy atom. The van der Waals surface area contributed by atoms with Crippen LogP contribution < -0.4 is 31.4 Å². The molecule has 0 saturated carbocycles. The Hall–Kier alpha value is -6.52. The molecule has 0 spiro atoms. The average molecular weight is 804 g/mol. The summed E-state index contributed by atoms with van der Waals surface area (Å²) in [6, 6.07) is 18.0. The summed E-state index contributed by atoms with van der Waals surface area (Å²) in [5.74, 6) is -1.47. The van der Waals surface area contributed by atoms with E-state index in [1.54, 1.807) is 67.4 Å². The minimum absolute atomic E-state index is 0.0629. The van der Waals surface area contributed by atoms with Gasteiger partial charge in [0, 0.05) is 24.3 Å². The summed E-state index contributed by atoms with van der Waals surface area (Å²) >= 11 is 1.41. The normalized spacial score (nSPS) is 16.0. The van der Waals surface area contributed by atoms with Crippen LogP contribution in [0, 0.1) is 12.8 Å². The van der Waals surface area contributed by atoms with E-state index in [1.165, 1.54) is 16.2 Å². The number of aliphatic carboxylic acids is 1. The van der Waals surface area contributed by atoms with Crippen molar-refractivity contribution in [1.29, 1.82) is 0 Å². The molecule has 2 aliphatic rings. The van der Waals surface area contributed by atoms with Gasteiger partial charge in [0.2, 0.25) is 11.8 Å². The van der Waals surface area contributed by atoms with E-state index in [1.807, 2.05) is 56.3 Å². The second-order valence-corrected chi connectivity index (χ2v) is 15.6. The lowest BCUT2D eigenvalue weighted by atomic mass is 9.94. The molecule has 0 radical (unpaired) electrons. The predicted octanol–water partition coefficient (Wildman–Crippen LogP) is 4.84. The Bertz CT molecular complexity index is 2390. The maximum Gasteiger partial charge on any atom is 0.330 e. The van der Waals surface area contributed by atoms with Crippen molar-refractivity contribution in [2.24, 2.45) is 11.7 Å². The summed E-state index contributed by atoms with van der Waals surface area (Å²) in [7, 11) is 0. The second-order valence-electron chi connectivity index (χ2n) is 14.6. The van der Waals surface area contributed by atoms with Gasteiger partial charge in [-0.3, -0.25) is 19.7 Å². The first-order valence-corrected chi connectivity index (χ1v) is 19.8. The number of nitrogens with two attached hydrogens (primary N) is 1. The number of nitrogens with zero attached hydrogens (tertiary/aromatic N) is 5. The molecular formula is C42H45N9O6S. The van der Waals surface area contributed by atoms with Crippen LogP contribution in [0.3, 0.4) is 0 Å². The van der Waals surface area contributed by atoms with Gasteiger partial charge in [-0.05, 0) is 79.3 Å². The van der Waals surface area contributed by atoms with Crippen LogP contribution in [-0.2, 0) is 34.0 Å². The summed E-state index contributed by atoms with van der Waals surface area (Å²) in [5.41, 5.74) is 11.6. The number of thiazole rings is 1. The summed E-state index contributed by atoms with van der Waals surface area (Å²) < 4.78 is 0.980. The van der Waals surface area contributed by atoms with E-state index in [0.717, 1.165) is 26.9 Å². The molecule has 0 bridgehead atoms. The number of carbonyl (C=O) groups is 4. The number of para-hydroxylation sites is 1. The van der Waals surface area contributed by atoms with Crippen molar-refractivity contribution in [2.45, 2.75) is 65.4 Å². The minimum Gasteiger partial charge on any atom is -0.479 e. The van der Waals surface area contributed by atoms with Gasteiger partial charge in [0.05, 0.1) is 28.1 Å². The number of hydrogen-bond acceptors (Lipinski definition) is 11. The number of allylic oxidation sites excluding steroid dienone is 2. The van der Waals surface area contributed by atoms with Gasteiger partial charge in [-0.25, -0.2) is 9.78 Å². The Kier molecular flexibility index (Phi) is 11.6. The largest absolute Gasteiger partial charge is 0.479 e. The third kappa shape index (κ3) is 8.43. The van der Waals surface area contributed by atoms with Crippen LogP contribution >= 0.6 is 11.3 Å². The van der Waals surface area contributed by atoms with Gasteiger partial charge in [0.25, 0.3) is 5.91 Å². The molecule has 0 saturated heterocycles. The van der Waals surface area contributed by atoms with Crippen molar-refractivity contribution in [2.75, 3.05) is 22.1 Å². The third-order valence-electron chi connectivity index (χ3n) is 10.2. The van der Waals surface area contributed by atoms with Gasteiger partial charge >= 0.3 is 5.97 Å². The molecule has 15 nitrogen and oxygen atoms in total. The third-order valence-corrected chi connectivity index (χ3v) is 11.2. The highest BCUT2D eigenvalue weighted by Crippen LogP contribution is 2.34. The highest BCUT2D eigenvalue weighted by molar-refractivity contribution is 7.22. The second kappa shape index (κ2) is 16.9. The average Bonchev–Trinajstić information content (AvgIpc) is 3.80. The molecule has 0 fully saturated rings. The van der Waals surface area contributed by atoms with Gasteiger partial charge in [-0.15, -0.1) is 9.94 Å². The number of aromatic nitrogens is 3. The smallest absolute Gasteiger partial charge is 0.330 e. The number of nitrogens with one attached hydrogen (secondary N) is 3. The molecular weight excluding hydrogens is 759 g/mol. The van der Waals surface area contributed by atoms with E-state index in [9.17, 15) is 24.3 Å². The van der Waals surface area contributed by atoms with Crippen molar-refractivity contribution >= 4 is 61.8 Å². The van der Waals surface area contributed by atoms with Crippen molar-refractivity contribution < 1.29 is 29.1 Å². The lowest BCUT2D eigenvalue weighted by Gasteiger charge is -2.41. The minimum atomic E-state index is -1.04. The van der Waals surface area contributed by atoms with Crippen LogP contribution in [0.4, 0.5) is 16.5 Å². The molecule has 5 aromatic rings. The molecule has 4 heterocycles. The van der Waals surface area contributed by atoms with E-state index in [2.05, 4.69) is 30.9 Å². The number of benzene rings is 3. The van der Waals surface area contributed by atoms with Crippen LogP contribution in [0.5, 0.6) is 0 Å². The number of amides is 3. The van der Waals surface area contributed by atoms with E-state index in [4.69, 9.17) is 10.6 Å². The first kappa shape index (κ1) is 39.7. The number of rotatable bonds is 13. The summed E-state index contributed by atoms with van der Waals surface area (Å²) in [6.45, 7) is 8.17. The molecule has 16 heteroatoms. The van der Waals surface area contributed by atoms with E-state index in [-0.39, 0.29) is 30.2 Å². The lowest BCUT2D eigenvalue weighted by molar-refractivity contribution is -0.137. The molecule has 3 aromatic carbocycles. The molecule has 58 heavy (non-hydrogen) atoms. The zero-order chi connectivity index (χ0) is 41.1. The highest BCUT2D eigenvalue weighted by Gasteiger charge is 2.35. The van der Waals surface area contributed by atoms with Crippen LogP contribution in [0.15, 0.2) is 97.0 Å². The number of carboxylic acid groups (broad SMARTS) is 1. The Morgan fingerprint density at radius 1 is 1.00 bits per heavy atom. The van der Waals surface area contributed by atoms with Gasteiger partial charge in [0.1, 0.15) is 24.2 Å². The SMILES string of the molecule is Cc1c(N2C(N3CCc4cccc(C(=O)Nc5nc6ccccc6s5)c4C3)=CC=CC2C(=O)O)cnn1OCc1ccc(NC(=O)[C@H](C)NC(=O)[C@@H](N)C(C)C)cc1. The van der Waals surface area contributed by atoms with E-state index >= 15 is 0 Å². The van der Waals surface area contributed by atoms with Gasteiger partial charge in [0.15, 0.2) is 11.2 Å². The van der Waals surface area contributed by atoms with Crippen molar-refractivity contribution in [3.05, 3.63) is 125 Å². The van der Waals surface area contributed by atoms with E-state index in [0.29, 0.717) is 53.1 Å². The van der Waals surface area contributed by atoms with Crippen molar-refractivity contribution in [3.8, 4) is 0 Å². The Balaban J connectivity index is 1.03. The fourth-order valence-corrected chi connectivity index (χ4v) is 7.72. The number of fused-ring (bicyclic) bond motifs is 2. The van der Waals surface area contributed by atoms with Crippen LogP contribution in [0.1, 0.15) is 53.5 Å². The number of anilines is 3. The summed E-state index contributed by atoms with van der Waals surface area (Å²) in [5, 5.41) is 23.8. The van der Waals surface area contributed by atoms with Crippen molar-refractivity contribution in [1.82, 2.24) is 25.1 Å². The summed E-state index contributed by atoms with van der Waals surface area (Å²) in [4.78, 5) is 67.2. The zero-order valence-corrected chi connectivity index (χ0v) is 33.3. The summed E-state index contributed by atoms with van der Waals surface area (Å²) in [6.07, 6.45) is 7.47. The maximum absolute atomic E-state index is 13.7. The van der Waals surface area contributed by atoms with E-state index < -0.39 is 24.1 Å². The fourth-order valence-electron chi connectivity index (χ4n) is 6.86. The monoisotopic (exact) mass is 803 g/mol. The lowest BCUT2D eigenvalue weighted by Crippen LogP contribution is -2.50. The molecule has 300 valence electrons. The topological polar surface area (TPSA) is 197 Å².